The molecule has 0 unspecified atom stereocenters. The maximum absolute atomic E-state index is 12.4. The summed E-state index contributed by atoms with van der Waals surface area (Å²) < 4.78 is 12.0. The molecule has 0 aliphatic heterocycles. The van der Waals surface area contributed by atoms with Crippen molar-refractivity contribution < 1.29 is 14.1 Å². The minimum Gasteiger partial charge on any atom is -0.494 e. The van der Waals surface area contributed by atoms with Crippen molar-refractivity contribution in [1.29, 1.82) is 0 Å². The summed E-state index contributed by atoms with van der Waals surface area (Å²) in [6.07, 6.45) is 1.51. The Morgan fingerprint density at radius 2 is 1.78 bits per heavy atom. The van der Waals surface area contributed by atoms with Crippen LogP contribution < -0.4 is 15.6 Å². The van der Waals surface area contributed by atoms with Gasteiger partial charge in [-0.1, -0.05) is 16.8 Å². The molecule has 0 bridgehead atoms. The third-order valence-corrected chi connectivity index (χ3v) is 4.77. The lowest BCUT2D eigenvalue weighted by molar-refractivity contribution is -0.116. The van der Waals surface area contributed by atoms with Gasteiger partial charge >= 0.3 is 0 Å². The van der Waals surface area contributed by atoms with E-state index in [9.17, 15) is 9.59 Å². The van der Waals surface area contributed by atoms with Crippen LogP contribution in [0.3, 0.4) is 0 Å². The number of aromatic nitrogens is 3. The fourth-order valence-electron chi connectivity index (χ4n) is 2.99. The maximum atomic E-state index is 12.4. The first-order valence-corrected chi connectivity index (χ1v) is 10.2. The number of anilines is 1. The number of pyridine rings is 1. The Kier molecular flexibility index (Phi) is 6.32. The topological polar surface area (TPSA) is 99.2 Å². The lowest BCUT2D eigenvalue weighted by Gasteiger charge is -2.09. The van der Waals surface area contributed by atoms with Crippen LogP contribution in [0.1, 0.15) is 6.92 Å². The van der Waals surface area contributed by atoms with E-state index in [0.29, 0.717) is 34.5 Å². The van der Waals surface area contributed by atoms with E-state index in [-0.39, 0.29) is 23.9 Å². The minimum atomic E-state index is -0.346. The van der Waals surface area contributed by atoms with Gasteiger partial charge in [0.2, 0.25) is 11.7 Å². The predicted molar refractivity (Wildman–Crippen MR) is 121 cm³/mol. The van der Waals surface area contributed by atoms with Crippen molar-refractivity contribution in [1.82, 2.24) is 14.7 Å². The summed E-state index contributed by atoms with van der Waals surface area (Å²) in [5.41, 5.74) is 1.54. The van der Waals surface area contributed by atoms with Gasteiger partial charge < -0.3 is 19.1 Å². The summed E-state index contributed by atoms with van der Waals surface area (Å²) >= 11 is 5.91. The van der Waals surface area contributed by atoms with Gasteiger partial charge in [0.05, 0.1) is 12.2 Å². The van der Waals surface area contributed by atoms with E-state index in [1.807, 2.05) is 6.92 Å². The lowest BCUT2D eigenvalue weighted by atomic mass is 10.2. The first-order valence-electron chi connectivity index (χ1n) is 9.85. The van der Waals surface area contributed by atoms with Crippen LogP contribution in [0.25, 0.3) is 22.8 Å². The number of benzene rings is 2. The number of rotatable bonds is 7. The summed E-state index contributed by atoms with van der Waals surface area (Å²) in [7, 11) is 0. The minimum absolute atomic E-state index is 0.169. The fraction of sp³-hybridized carbons (Fsp3) is 0.130. The van der Waals surface area contributed by atoms with Gasteiger partial charge in [0.1, 0.15) is 12.3 Å². The number of halogens is 1. The zero-order chi connectivity index (χ0) is 22.5. The molecule has 162 valence electrons. The van der Waals surface area contributed by atoms with Crippen LogP contribution in [0, 0.1) is 0 Å². The van der Waals surface area contributed by atoms with E-state index in [2.05, 4.69) is 15.5 Å². The predicted octanol–water partition coefficient (Wildman–Crippen LogP) is 4.26. The molecular formula is C23H19ClN4O4. The highest BCUT2D eigenvalue weighted by Crippen LogP contribution is 2.23. The largest absolute Gasteiger partial charge is 0.494 e. The Hall–Kier alpha value is -3.91. The molecule has 0 atom stereocenters. The molecule has 0 aliphatic rings. The molecule has 4 aromatic rings. The quantitative estimate of drug-likeness (QED) is 0.451. The average molecular weight is 451 g/mol. The van der Waals surface area contributed by atoms with Gasteiger partial charge in [-0.15, -0.1) is 0 Å². The van der Waals surface area contributed by atoms with Crippen LogP contribution in [-0.2, 0) is 11.3 Å². The zero-order valence-corrected chi connectivity index (χ0v) is 17.9. The van der Waals surface area contributed by atoms with Crippen LogP contribution in [0.2, 0.25) is 5.02 Å². The molecule has 0 aliphatic carbocycles. The summed E-state index contributed by atoms with van der Waals surface area (Å²) in [6, 6.07) is 16.9. The number of carbonyl (C=O) groups excluding carboxylic acids is 1. The molecule has 1 N–H and O–H groups in total. The van der Waals surface area contributed by atoms with Gasteiger partial charge in [-0.2, -0.15) is 4.98 Å². The average Bonchev–Trinajstić information content (AvgIpc) is 3.27. The van der Waals surface area contributed by atoms with Crippen LogP contribution in [0.4, 0.5) is 5.69 Å². The molecule has 0 saturated heterocycles. The van der Waals surface area contributed by atoms with Gasteiger partial charge in [-0.25, -0.2) is 0 Å². The Morgan fingerprint density at radius 1 is 1.06 bits per heavy atom. The lowest BCUT2D eigenvalue weighted by Crippen LogP contribution is -2.26. The zero-order valence-electron chi connectivity index (χ0n) is 17.1. The SMILES string of the molecule is CCOc1ccc(NC(=O)Cn2cc(-c3nc(-c4ccc(Cl)cc4)no3)ccc2=O)cc1. The molecule has 0 fully saturated rings. The highest BCUT2D eigenvalue weighted by molar-refractivity contribution is 6.30. The van der Waals surface area contributed by atoms with Gasteiger partial charge in [-0.3, -0.25) is 9.59 Å². The van der Waals surface area contributed by atoms with Crippen LogP contribution in [0.5, 0.6) is 5.75 Å². The number of hydrogen-bond acceptors (Lipinski definition) is 6. The number of hydrogen-bond donors (Lipinski definition) is 1. The van der Waals surface area contributed by atoms with Crippen molar-refractivity contribution in [2.45, 2.75) is 13.5 Å². The monoisotopic (exact) mass is 450 g/mol. The van der Waals surface area contributed by atoms with Gasteiger partial charge in [-0.05, 0) is 61.5 Å². The first kappa shape index (κ1) is 21.3. The second-order valence-corrected chi connectivity index (χ2v) is 7.26. The normalized spacial score (nSPS) is 10.7. The molecule has 2 aromatic heterocycles. The molecular weight excluding hydrogens is 432 g/mol. The molecule has 8 nitrogen and oxygen atoms in total. The number of nitrogens with zero attached hydrogens (tertiary/aromatic N) is 3. The number of carbonyl (C=O) groups is 1. The molecule has 0 saturated carbocycles. The van der Waals surface area contributed by atoms with Crippen LogP contribution in [0.15, 0.2) is 76.2 Å². The summed E-state index contributed by atoms with van der Waals surface area (Å²) in [6.45, 7) is 2.29. The summed E-state index contributed by atoms with van der Waals surface area (Å²) in [4.78, 5) is 29.1. The van der Waals surface area contributed by atoms with Gasteiger partial charge in [0, 0.05) is 28.5 Å². The van der Waals surface area contributed by atoms with Crippen molar-refractivity contribution in [3.63, 3.8) is 0 Å². The third kappa shape index (κ3) is 5.04. The maximum Gasteiger partial charge on any atom is 0.259 e. The van der Waals surface area contributed by atoms with E-state index in [1.165, 1.54) is 16.8 Å². The molecule has 0 spiro atoms. The molecule has 32 heavy (non-hydrogen) atoms. The van der Waals surface area contributed by atoms with E-state index in [4.69, 9.17) is 20.9 Å². The van der Waals surface area contributed by atoms with Crippen molar-refractivity contribution in [3.05, 3.63) is 82.2 Å². The first-order chi connectivity index (χ1) is 15.5. The second kappa shape index (κ2) is 9.49. The van der Waals surface area contributed by atoms with Crippen molar-refractivity contribution >= 4 is 23.2 Å². The van der Waals surface area contributed by atoms with Crippen molar-refractivity contribution in [2.75, 3.05) is 11.9 Å². The Morgan fingerprint density at radius 3 is 2.50 bits per heavy atom. The van der Waals surface area contributed by atoms with Crippen molar-refractivity contribution in [2.24, 2.45) is 0 Å². The summed E-state index contributed by atoms with van der Waals surface area (Å²) in [5, 5.41) is 7.34. The molecule has 2 heterocycles. The highest BCUT2D eigenvalue weighted by atomic mass is 35.5. The number of amides is 1. The third-order valence-electron chi connectivity index (χ3n) is 4.52. The standard InChI is InChI=1S/C23H19ClN4O4/c1-2-31-19-10-8-18(9-11-19)25-20(29)14-28-13-16(5-12-21(28)30)23-26-22(27-32-23)15-3-6-17(24)7-4-15/h3-13H,2,14H2,1H3,(H,25,29). The van der Waals surface area contributed by atoms with Gasteiger partial charge in [0.25, 0.3) is 11.4 Å². The van der Waals surface area contributed by atoms with E-state index in [1.54, 1.807) is 54.6 Å². The number of ether oxygens (including phenoxy) is 1. The van der Waals surface area contributed by atoms with Crippen LogP contribution in [-0.4, -0.2) is 27.2 Å². The number of nitrogens with one attached hydrogen (secondary N) is 1. The molecule has 9 heteroatoms. The Labute approximate surface area is 188 Å². The molecule has 2 aromatic carbocycles. The van der Waals surface area contributed by atoms with Crippen molar-refractivity contribution in [3.8, 4) is 28.6 Å². The molecule has 4 rings (SSSR count). The fourth-order valence-corrected chi connectivity index (χ4v) is 3.12. The Bertz CT molecular complexity index is 1280. The summed E-state index contributed by atoms with van der Waals surface area (Å²) in [5.74, 6) is 0.992. The molecule has 1 amide bonds. The van der Waals surface area contributed by atoms with E-state index >= 15 is 0 Å². The smallest absolute Gasteiger partial charge is 0.259 e. The van der Waals surface area contributed by atoms with Gasteiger partial charge in [0.15, 0.2) is 0 Å². The highest BCUT2D eigenvalue weighted by Gasteiger charge is 2.13. The van der Waals surface area contributed by atoms with E-state index in [0.717, 1.165) is 5.56 Å². The van der Waals surface area contributed by atoms with Crippen LogP contribution >= 0.6 is 11.6 Å². The Balaban J connectivity index is 1.48. The van der Waals surface area contributed by atoms with E-state index < -0.39 is 0 Å². The second-order valence-electron chi connectivity index (χ2n) is 6.82. The molecule has 0 radical (unpaired) electrons.